The van der Waals surface area contributed by atoms with Gasteiger partial charge in [-0.25, -0.2) is 10.4 Å². The maximum Gasteiger partial charge on any atom is 0.270 e. The quantitative estimate of drug-likeness (QED) is 0.540. The lowest BCUT2D eigenvalue weighted by Gasteiger charge is -2.11. The van der Waals surface area contributed by atoms with Gasteiger partial charge in [-0.05, 0) is 17.7 Å². The fourth-order valence-corrected chi connectivity index (χ4v) is 2.46. The molecule has 0 radical (unpaired) electrons. The van der Waals surface area contributed by atoms with Gasteiger partial charge in [0.15, 0.2) is 0 Å². The zero-order valence-electron chi connectivity index (χ0n) is 15.0. The molecule has 0 amide bonds. The summed E-state index contributed by atoms with van der Waals surface area (Å²) in [5, 5.41) is 13.4. The first-order valence-corrected chi connectivity index (χ1v) is 8.25. The summed E-state index contributed by atoms with van der Waals surface area (Å²) in [6.45, 7) is 0. The number of aromatic amines is 1. The van der Waals surface area contributed by atoms with Crippen LogP contribution >= 0.6 is 0 Å². The monoisotopic (exact) mass is 358 g/mol. The van der Waals surface area contributed by atoms with Crippen LogP contribution in [0.4, 0.5) is 11.6 Å². The Balaban J connectivity index is 1.84. The molecule has 2 N–H and O–H groups in total. The molecule has 0 aliphatic heterocycles. The SMILES string of the molecule is CN(C)c1ccc(C=NNc2nc(-c3ccccc3)c(C#N)c(=O)[nH]2)cc1. The number of benzene rings is 2. The molecule has 3 aromatic rings. The molecule has 0 bridgehead atoms. The van der Waals surface area contributed by atoms with Gasteiger partial charge in [0.2, 0.25) is 5.95 Å². The van der Waals surface area contributed by atoms with E-state index in [0.717, 1.165) is 11.3 Å². The molecule has 3 rings (SSSR count). The number of anilines is 2. The van der Waals surface area contributed by atoms with Crippen molar-refractivity contribution in [2.75, 3.05) is 24.4 Å². The van der Waals surface area contributed by atoms with Crippen molar-refractivity contribution in [1.82, 2.24) is 9.97 Å². The zero-order chi connectivity index (χ0) is 19.2. The molecule has 1 heterocycles. The van der Waals surface area contributed by atoms with Gasteiger partial charge in [0.1, 0.15) is 11.6 Å². The number of aromatic nitrogens is 2. The molecule has 2 aromatic carbocycles. The number of nitrogens with one attached hydrogen (secondary N) is 2. The van der Waals surface area contributed by atoms with Crippen LogP contribution in [-0.2, 0) is 0 Å². The number of rotatable bonds is 5. The van der Waals surface area contributed by atoms with Crippen molar-refractivity contribution in [3.05, 3.63) is 76.1 Å². The average Bonchev–Trinajstić information content (AvgIpc) is 2.68. The standard InChI is InChI=1S/C20H18N6O/c1-26(2)16-10-8-14(9-11-16)13-22-25-20-23-18(15-6-4-3-5-7-15)17(12-21)19(27)24-20/h3-11,13H,1-2H3,(H2,23,24,25,27). The van der Waals surface area contributed by atoms with E-state index in [1.54, 1.807) is 18.3 Å². The smallest absolute Gasteiger partial charge is 0.270 e. The molecule has 7 nitrogen and oxygen atoms in total. The van der Waals surface area contributed by atoms with Gasteiger partial charge in [0.05, 0.1) is 11.9 Å². The van der Waals surface area contributed by atoms with Crippen LogP contribution in [-0.4, -0.2) is 30.3 Å². The van der Waals surface area contributed by atoms with Gasteiger partial charge in [-0.15, -0.1) is 0 Å². The summed E-state index contributed by atoms with van der Waals surface area (Å²) < 4.78 is 0. The molecule has 1 aromatic heterocycles. The highest BCUT2D eigenvalue weighted by Crippen LogP contribution is 2.19. The fraction of sp³-hybridized carbons (Fsp3) is 0.100. The van der Waals surface area contributed by atoms with E-state index < -0.39 is 5.56 Å². The van der Waals surface area contributed by atoms with Crippen LogP contribution in [0.25, 0.3) is 11.3 Å². The summed E-state index contributed by atoms with van der Waals surface area (Å²) in [5.41, 5.74) is 5.15. The molecule has 0 saturated carbocycles. The number of hydrazone groups is 1. The molecule has 0 saturated heterocycles. The molecular weight excluding hydrogens is 340 g/mol. The first-order valence-electron chi connectivity index (χ1n) is 8.25. The Hall–Kier alpha value is -3.92. The van der Waals surface area contributed by atoms with Crippen molar-refractivity contribution < 1.29 is 0 Å². The van der Waals surface area contributed by atoms with E-state index >= 15 is 0 Å². The minimum absolute atomic E-state index is 0.0324. The summed E-state index contributed by atoms with van der Waals surface area (Å²) in [6.07, 6.45) is 1.62. The first-order chi connectivity index (χ1) is 13.1. The number of nitriles is 1. The van der Waals surface area contributed by atoms with E-state index in [4.69, 9.17) is 0 Å². The number of hydrogen-bond donors (Lipinski definition) is 2. The summed E-state index contributed by atoms with van der Waals surface area (Å²) in [6, 6.07) is 18.8. The highest BCUT2D eigenvalue weighted by atomic mass is 16.1. The molecular formula is C20H18N6O. The van der Waals surface area contributed by atoms with Gasteiger partial charge in [-0.3, -0.25) is 9.78 Å². The van der Waals surface area contributed by atoms with E-state index in [9.17, 15) is 10.1 Å². The predicted molar refractivity (Wildman–Crippen MR) is 107 cm³/mol. The molecule has 0 unspecified atom stereocenters. The second kappa shape index (κ2) is 7.97. The molecule has 0 spiro atoms. The Morgan fingerprint density at radius 1 is 1.15 bits per heavy atom. The van der Waals surface area contributed by atoms with Crippen molar-refractivity contribution in [3.63, 3.8) is 0 Å². The number of nitrogens with zero attached hydrogens (tertiary/aromatic N) is 4. The molecule has 134 valence electrons. The highest BCUT2D eigenvalue weighted by molar-refractivity contribution is 5.80. The minimum atomic E-state index is -0.514. The second-order valence-electron chi connectivity index (χ2n) is 5.97. The van der Waals surface area contributed by atoms with Crippen molar-refractivity contribution in [1.29, 1.82) is 5.26 Å². The van der Waals surface area contributed by atoms with Crippen LogP contribution in [0.2, 0.25) is 0 Å². The normalized spacial score (nSPS) is 10.6. The van der Waals surface area contributed by atoms with E-state index in [2.05, 4.69) is 20.5 Å². The van der Waals surface area contributed by atoms with Gasteiger partial charge < -0.3 is 4.90 Å². The third-order valence-corrected chi connectivity index (χ3v) is 3.87. The number of hydrogen-bond acceptors (Lipinski definition) is 6. The molecule has 27 heavy (non-hydrogen) atoms. The predicted octanol–water partition coefficient (Wildman–Crippen LogP) is 2.82. The lowest BCUT2D eigenvalue weighted by molar-refractivity contribution is 1.08. The average molecular weight is 358 g/mol. The maximum atomic E-state index is 12.2. The Kier molecular flexibility index (Phi) is 5.28. The van der Waals surface area contributed by atoms with Gasteiger partial charge >= 0.3 is 0 Å². The van der Waals surface area contributed by atoms with Crippen LogP contribution < -0.4 is 15.9 Å². The van der Waals surface area contributed by atoms with Crippen LogP contribution in [0.15, 0.2) is 64.5 Å². The van der Waals surface area contributed by atoms with E-state index in [0.29, 0.717) is 11.3 Å². The van der Waals surface area contributed by atoms with E-state index in [1.807, 2.05) is 67.5 Å². The molecule has 0 aliphatic carbocycles. The van der Waals surface area contributed by atoms with Crippen molar-refractivity contribution in [3.8, 4) is 17.3 Å². The Morgan fingerprint density at radius 3 is 2.48 bits per heavy atom. The molecule has 0 aliphatic rings. The summed E-state index contributed by atoms with van der Waals surface area (Å²) in [4.78, 5) is 21.1. The Bertz CT molecular complexity index is 1050. The first kappa shape index (κ1) is 17.9. The summed E-state index contributed by atoms with van der Waals surface area (Å²) in [7, 11) is 3.95. The lowest BCUT2D eigenvalue weighted by Crippen LogP contribution is -2.16. The van der Waals surface area contributed by atoms with Crippen molar-refractivity contribution in [2.45, 2.75) is 0 Å². The lowest BCUT2D eigenvalue weighted by atomic mass is 10.1. The van der Waals surface area contributed by atoms with Crippen LogP contribution in [0, 0.1) is 11.3 Å². The maximum absolute atomic E-state index is 12.2. The summed E-state index contributed by atoms with van der Waals surface area (Å²) in [5.74, 6) is 0.166. The van der Waals surface area contributed by atoms with Gasteiger partial charge in [-0.1, -0.05) is 42.5 Å². The van der Waals surface area contributed by atoms with E-state index in [-0.39, 0.29) is 11.5 Å². The van der Waals surface area contributed by atoms with Crippen molar-refractivity contribution in [2.24, 2.45) is 5.10 Å². The minimum Gasteiger partial charge on any atom is -0.378 e. The largest absolute Gasteiger partial charge is 0.378 e. The zero-order valence-corrected chi connectivity index (χ0v) is 15.0. The topological polar surface area (TPSA) is 97.2 Å². The van der Waals surface area contributed by atoms with Crippen LogP contribution in [0.3, 0.4) is 0 Å². The molecule has 7 heteroatoms. The molecule has 0 fully saturated rings. The fourth-order valence-electron chi connectivity index (χ4n) is 2.46. The van der Waals surface area contributed by atoms with E-state index in [1.165, 1.54) is 0 Å². The van der Waals surface area contributed by atoms with Crippen LogP contribution in [0.5, 0.6) is 0 Å². The Labute approximate surface area is 156 Å². The number of H-pyrrole nitrogens is 1. The van der Waals surface area contributed by atoms with Crippen molar-refractivity contribution >= 4 is 17.9 Å². The highest BCUT2D eigenvalue weighted by Gasteiger charge is 2.12. The van der Waals surface area contributed by atoms with Gasteiger partial charge in [-0.2, -0.15) is 10.4 Å². The Morgan fingerprint density at radius 2 is 1.85 bits per heavy atom. The third-order valence-electron chi connectivity index (χ3n) is 3.87. The van der Waals surface area contributed by atoms with Gasteiger partial charge in [0.25, 0.3) is 5.56 Å². The van der Waals surface area contributed by atoms with Gasteiger partial charge in [0, 0.05) is 25.3 Å². The molecule has 0 atom stereocenters. The van der Waals surface area contributed by atoms with Crippen LogP contribution in [0.1, 0.15) is 11.1 Å². The summed E-state index contributed by atoms with van der Waals surface area (Å²) >= 11 is 0. The third kappa shape index (κ3) is 4.19. The second-order valence-corrected chi connectivity index (χ2v) is 5.97.